The van der Waals surface area contributed by atoms with E-state index in [4.69, 9.17) is 28.9 Å². The van der Waals surface area contributed by atoms with Gasteiger partial charge in [-0.05, 0) is 41.8 Å². The van der Waals surface area contributed by atoms with Crippen molar-refractivity contribution in [2.24, 2.45) is 5.73 Å². The summed E-state index contributed by atoms with van der Waals surface area (Å²) in [6.45, 7) is 1.94. The molecular weight excluding hydrogens is 312 g/mol. The van der Waals surface area contributed by atoms with E-state index in [2.05, 4.69) is 0 Å². The maximum atomic E-state index is 14.2. The maximum Gasteiger partial charge on any atom is 0.145 e. The molecule has 2 aromatic rings. The molecule has 0 aromatic heterocycles. The van der Waals surface area contributed by atoms with E-state index < -0.39 is 17.8 Å². The molecule has 0 bridgehead atoms. The van der Waals surface area contributed by atoms with Gasteiger partial charge in [-0.3, -0.25) is 0 Å². The molecule has 0 spiro atoms. The first kappa shape index (κ1) is 16.2. The Morgan fingerprint density at radius 3 is 2.52 bits per heavy atom. The third kappa shape index (κ3) is 3.38. The lowest BCUT2D eigenvalue weighted by Crippen LogP contribution is -2.22. The zero-order valence-electron chi connectivity index (χ0n) is 11.5. The Hall–Kier alpha value is -1.13. The number of halogens is 3. The Kier molecular flexibility index (Phi) is 5.22. The summed E-state index contributed by atoms with van der Waals surface area (Å²) in [5.74, 6) is -1.12. The predicted octanol–water partition coefficient (Wildman–Crippen LogP) is 4.22. The minimum atomic E-state index is -0.930. The van der Waals surface area contributed by atoms with E-state index >= 15 is 0 Å². The van der Waals surface area contributed by atoms with E-state index in [1.165, 1.54) is 6.07 Å². The maximum absolute atomic E-state index is 14.2. The van der Waals surface area contributed by atoms with Crippen LogP contribution in [0.15, 0.2) is 36.4 Å². The van der Waals surface area contributed by atoms with Crippen molar-refractivity contribution in [3.63, 3.8) is 0 Å². The van der Waals surface area contributed by atoms with Crippen molar-refractivity contribution in [3.8, 4) is 0 Å². The fourth-order valence-electron chi connectivity index (χ4n) is 2.42. The fraction of sp³-hybridized carbons (Fsp3) is 0.250. The molecule has 0 fully saturated rings. The van der Waals surface area contributed by atoms with Crippen molar-refractivity contribution < 1.29 is 9.50 Å². The molecule has 0 aliphatic rings. The lowest BCUT2D eigenvalue weighted by molar-refractivity contribution is 0.145. The number of aliphatic hydroxyl groups is 1. The summed E-state index contributed by atoms with van der Waals surface area (Å²) in [7, 11) is 0. The molecule has 21 heavy (non-hydrogen) atoms. The normalized spacial score (nSPS) is 14.0. The van der Waals surface area contributed by atoms with Crippen molar-refractivity contribution in [1.82, 2.24) is 0 Å². The van der Waals surface area contributed by atoms with Crippen molar-refractivity contribution in [3.05, 3.63) is 69.0 Å². The largest absolute Gasteiger partial charge is 0.388 e. The van der Waals surface area contributed by atoms with Crippen LogP contribution in [0.1, 0.15) is 28.7 Å². The van der Waals surface area contributed by atoms with Crippen molar-refractivity contribution in [2.75, 3.05) is 6.54 Å². The average molecular weight is 328 g/mol. The van der Waals surface area contributed by atoms with E-state index in [9.17, 15) is 9.50 Å². The van der Waals surface area contributed by atoms with Crippen LogP contribution in [-0.4, -0.2) is 11.7 Å². The van der Waals surface area contributed by atoms with Crippen molar-refractivity contribution in [1.29, 1.82) is 0 Å². The van der Waals surface area contributed by atoms with Gasteiger partial charge in [0, 0.05) is 17.5 Å². The highest BCUT2D eigenvalue weighted by atomic mass is 35.5. The minimum absolute atomic E-state index is 0.0194. The molecule has 0 amide bonds. The highest BCUT2D eigenvalue weighted by Crippen LogP contribution is 2.35. The zero-order valence-corrected chi connectivity index (χ0v) is 13.0. The quantitative estimate of drug-likeness (QED) is 0.883. The second-order valence-electron chi connectivity index (χ2n) is 4.93. The molecule has 2 rings (SSSR count). The number of nitrogens with two attached hydrogens (primary N) is 1. The van der Waals surface area contributed by atoms with Crippen LogP contribution in [0.3, 0.4) is 0 Å². The van der Waals surface area contributed by atoms with Gasteiger partial charge in [-0.1, -0.05) is 41.4 Å². The number of hydrogen-bond acceptors (Lipinski definition) is 2. The lowest BCUT2D eigenvalue weighted by Gasteiger charge is -2.24. The summed E-state index contributed by atoms with van der Waals surface area (Å²) in [5.41, 5.74) is 7.56. The van der Waals surface area contributed by atoms with Gasteiger partial charge in [-0.25, -0.2) is 4.39 Å². The first-order chi connectivity index (χ1) is 9.95. The van der Waals surface area contributed by atoms with Crippen LogP contribution in [0.2, 0.25) is 10.0 Å². The van der Waals surface area contributed by atoms with Gasteiger partial charge < -0.3 is 10.8 Å². The monoisotopic (exact) mass is 327 g/mol. The van der Waals surface area contributed by atoms with E-state index in [0.29, 0.717) is 16.1 Å². The second kappa shape index (κ2) is 6.75. The molecule has 2 nitrogen and oxygen atoms in total. The first-order valence-electron chi connectivity index (χ1n) is 6.53. The summed E-state index contributed by atoms with van der Waals surface area (Å²) in [5, 5.41) is 11.2. The topological polar surface area (TPSA) is 46.2 Å². The van der Waals surface area contributed by atoms with Gasteiger partial charge in [-0.15, -0.1) is 0 Å². The molecule has 0 aliphatic heterocycles. The molecule has 0 saturated heterocycles. The average Bonchev–Trinajstić information content (AvgIpc) is 2.44. The van der Waals surface area contributed by atoms with Crippen LogP contribution in [0.25, 0.3) is 0 Å². The van der Waals surface area contributed by atoms with Gasteiger partial charge in [0.1, 0.15) is 5.82 Å². The van der Waals surface area contributed by atoms with Crippen LogP contribution in [0.5, 0.6) is 0 Å². The molecule has 112 valence electrons. The molecule has 3 N–H and O–H groups in total. The van der Waals surface area contributed by atoms with Crippen LogP contribution >= 0.6 is 23.2 Å². The molecule has 2 unspecified atom stereocenters. The first-order valence-corrected chi connectivity index (χ1v) is 7.29. The van der Waals surface area contributed by atoms with Crippen molar-refractivity contribution in [2.45, 2.75) is 18.9 Å². The van der Waals surface area contributed by atoms with E-state index in [-0.39, 0.29) is 11.6 Å². The summed E-state index contributed by atoms with van der Waals surface area (Å²) in [6, 6.07) is 9.87. The zero-order chi connectivity index (χ0) is 15.6. The second-order valence-corrected chi connectivity index (χ2v) is 5.77. The van der Waals surface area contributed by atoms with Crippen LogP contribution in [-0.2, 0) is 0 Å². The molecule has 0 aliphatic carbocycles. The Labute approximate surface area is 133 Å². The van der Waals surface area contributed by atoms with E-state index in [0.717, 1.165) is 5.56 Å². The molecule has 2 aromatic carbocycles. The Balaban J connectivity index is 2.43. The Morgan fingerprint density at radius 2 is 1.90 bits per heavy atom. The van der Waals surface area contributed by atoms with Crippen LogP contribution in [0.4, 0.5) is 4.39 Å². The fourth-order valence-corrected chi connectivity index (χ4v) is 2.83. The van der Waals surface area contributed by atoms with Gasteiger partial charge >= 0.3 is 0 Å². The lowest BCUT2D eigenvalue weighted by atomic mass is 9.87. The Bertz CT molecular complexity index is 648. The van der Waals surface area contributed by atoms with Gasteiger partial charge in [0.15, 0.2) is 0 Å². The molecule has 0 saturated carbocycles. The highest BCUT2D eigenvalue weighted by Gasteiger charge is 2.26. The molecule has 2 atom stereocenters. The SMILES string of the molecule is Cc1cc(Cl)ccc1C(O)C(CN)c1cccc(Cl)c1F. The summed E-state index contributed by atoms with van der Waals surface area (Å²) >= 11 is 11.7. The van der Waals surface area contributed by atoms with E-state index in [1.54, 1.807) is 30.3 Å². The molecular formula is C16H16Cl2FNO. The number of benzene rings is 2. The van der Waals surface area contributed by atoms with Gasteiger partial charge in [0.25, 0.3) is 0 Å². The third-order valence-corrected chi connectivity index (χ3v) is 4.09. The molecule has 0 heterocycles. The molecule has 5 heteroatoms. The third-order valence-electron chi connectivity index (χ3n) is 3.57. The van der Waals surface area contributed by atoms with E-state index in [1.807, 2.05) is 6.92 Å². The number of rotatable bonds is 4. The molecule has 0 radical (unpaired) electrons. The summed E-state index contributed by atoms with van der Waals surface area (Å²) < 4.78 is 14.2. The smallest absolute Gasteiger partial charge is 0.145 e. The van der Waals surface area contributed by atoms with Gasteiger partial charge in [-0.2, -0.15) is 0 Å². The van der Waals surface area contributed by atoms with Crippen molar-refractivity contribution >= 4 is 23.2 Å². The van der Waals surface area contributed by atoms with Gasteiger partial charge in [0.2, 0.25) is 0 Å². The number of aliphatic hydroxyl groups excluding tert-OH is 1. The van der Waals surface area contributed by atoms with Crippen LogP contribution < -0.4 is 5.73 Å². The number of aryl methyl sites for hydroxylation is 1. The highest BCUT2D eigenvalue weighted by molar-refractivity contribution is 6.31. The Morgan fingerprint density at radius 1 is 1.19 bits per heavy atom. The van der Waals surface area contributed by atoms with Crippen LogP contribution in [0, 0.1) is 12.7 Å². The summed E-state index contributed by atoms with van der Waals surface area (Å²) in [6.07, 6.45) is -0.930. The summed E-state index contributed by atoms with van der Waals surface area (Å²) in [4.78, 5) is 0. The number of hydrogen-bond donors (Lipinski definition) is 2. The van der Waals surface area contributed by atoms with Gasteiger partial charge in [0.05, 0.1) is 11.1 Å². The minimum Gasteiger partial charge on any atom is -0.388 e. The standard InChI is InChI=1S/C16H16Cl2FNO/c1-9-7-10(17)5-6-11(9)16(21)13(8-20)12-3-2-4-14(18)15(12)19/h2-7,13,16,21H,8,20H2,1H3. The predicted molar refractivity (Wildman–Crippen MR) is 84.4 cm³/mol.